The number of carboxylic acid groups (broad SMARTS) is 1. The smallest absolute Gasteiger partial charge is 0.480 e. The number of sulfonamides is 1. The average molecular weight is 312 g/mol. The van der Waals surface area contributed by atoms with Crippen molar-refractivity contribution in [2.75, 3.05) is 5.73 Å². The van der Waals surface area contributed by atoms with Gasteiger partial charge in [-0.2, -0.15) is 17.9 Å². The van der Waals surface area contributed by atoms with Crippen molar-refractivity contribution < 1.29 is 31.5 Å². The standard InChI is InChI=1S/C10H11F3N2O4S/c11-10(12,13)20(18,19)15-8(9(16)17)5-6-1-3-7(14)4-2-6/h1-4,8,15H,5,14H2,(H,16,17). The van der Waals surface area contributed by atoms with Gasteiger partial charge in [0.1, 0.15) is 6.04 Å². The van der Waals surface area contributed by atoms with Crippen LogP contribution in [0.3, 0.4) is 0 Å². The molecule has 0 aliphatic heterocycles. The Bertz CT molecular complexity index is 584. The first-order valence-electron chi connectivity index (χ1n) is 5.19. The van der Waals surface area contributed by atoms with E-state index in [0.717, 1.165) is 4.72 Å². The minimum Gasteiger partial charge on any atom is -0.480 e. The zero-order valence-electron chi connectivity index (χ0n) is 9.89. The molecule has 1 atom stereocenters. The summed E-state index contributed by atoms with van der Waals surface area (Å²) in [6.07, 6.45) is -0.440. The predicted octanol–water partition coefficient (Wildman–Crippen LogP) is 0.704. The molecule has 20 heavy (non-hydrogen) atoms. The number of carboxylic acids is 1. The van der Waals surface area contributed by atoms with Crippen molar-refractivity contribution >= 4 is 21.7 Å². The molecule has 0 saturated carbocycles. The van der Waals surface area contributed by atoms with Crippen molar-refractivity contribution in [2.24, 2.45) is 0 Å². The molecule has 1 unspecified atom stereocenters. The first-order valence-corrected chi connectivity index (χ1v) is 6.67. The van der Waals surface area contributed by atoms with Crippen LogP contribution >= 0.6 is 0 Å². The number of rotatable bonds is 5. The molecule has 1 aromatic carbocycles. The van der Waals surface area contributed by atoms with E-state index in [-0.39, 0.29) is 0 Å². The fraction of sp³-hybridized carbons (Fsp3) is 0.300. The molecule has 4 N–H and O–H groups in total. The quantitative estimate of drug-likeness (QED) is 0.694. The number of alkyl halides is 3. The van der Waals surface area contributed by atoms with Crippen LogP contribution in [-0.4, -0.2) is 31.0 Å². The molecule has 0 spiro atoms. The minimum absolute atomic E-state index is 0.330. The van der Waals surface area contributed by atoms with E-state index in [2.05, 4.69) is 0 Å². The summed E-state index contributed by atoms with van der Waals surface area (Å²) in [5, 5.41) is 8.80. The molecule has 0 heterocycles. The number of benzene rings is 1. The summed E-state index contributed by atoms with van der Waals surface area (Å²) in [6.45, 7) is 0. The number of nitrogen functional groups attached to an aromatic ring is 1. The number of hydrogen-bond acceptors (Lipinski definition) is 4. The van der Waals surface area contributed by atoms with Gasteiger partial charge >= 0.3 is 21.5 Å². The van der Waals surface area contributed by atoms with E-state index in [1.54, 1.807) is 0 Å². The van der Waals surface area contributed by atoms with Crippen LogP contribution in [0.4, 0.5) is 18.9 Å². The Balaban J connectivity index is 2.92. The second-order valence-corrected chi connectivity index (χ2v) is 5.61. The summed E-state index contributed by atoms with van der Waals surface area (Å²) in [5.41, 5.74) is 0.548. The van der Waals surface area contributed by atoms with Crippen LogP contribution in [-0.2, 0) is 21.2 Å². The lowest BCUT2D eigenvalue weighted by Crippen LogP contribution is -2.47. The first-order chi connectivity index (χ1) is 9.03. The van der Waals surface area contributed by atoms with Crippen molar-refractivity contribution in [3.05, 3.63) is 29.8 Å². The summed E-state index contributed by atoms with van der Waals surface area (Å²) in [4.78, 5) is 10.9. The van der Waals surface area contributed by atoms with Crippen LogP contribution in [0.2, 0.25) is 0 Å². The Morgan fingerprint density at radius 2 is 1.80 bits per heavy atom. The number of aliphatic carboxylic acids is 1. The number of nitrogens with one attached hydrogen (secondary N) is 1. The molecule has 0 aliphatic carbocycles. The van der Waals surface area contributed by atoms with Gasteiger partial charge in [-0.3, -0.25) is 4.79 Å². The van der Waals surface area contributed by atoms with Gasteiger partial charge in [0, 0.05) is 5.69 Å². The molecule has 0 aromatic heterocycles. The lowest BCUT2D eigenvalue weighted by Gasteiger charge is -2.16. The van der Waals surface area contributed by atoms with Gasteiger partial charge < -0.3 is 10.8 Å². The van der Waals surface area contributed by atoms with Gasteiger partial charge in [-0.05, 0) is 24.1 Å². The number of halogens is 3. The summed E-state index contributed by atoms with van der Waals surface area (Å²) in [7, 11) is -5.73. The molecule has 1 aromatic rings. The maximum absolute atomic E-state index is 12.2. The zero-order valence-corrected chi connectivity index (χ0v) is 10.7. The van der Waals surface area contributed by atoms with Gasteiger partial charge in [-0.15, -0.1) is 0 Å². The van der Waals surface area contributed by atoms with Crippen molar-refractivity contribution in [3.63, 3.8) is 0 Å². The number of hydrogen-bond donors (Lipinski definition) is 3. The summed E-state index contributed by atoms with van der Waals surface area (Å²) < 4.78 is 59.5. The molecular formula is C10H11F3N2O4S. The molecule has 1 rings (SSSR count). The monoisotopic (exact) mass is 312 g/mol. The number of carbonyl (C=O) groups is 1. The first kappa shape index (κ1) is 16.2. The highest BCUT2D eigenvalue weighted by Crippen LogP contribution is 2.22. The molecule has 0 saturated heterocycles. The van der Waals surface area contributed by atoms with E-state index in [1.807, 2.05) is 0 Å². The third-order valence-corrected chi connectivity index (χ3v) is 3.52. The van der Waals surface area contributed by atoms with Crippen LogP contribution in [0.1, 0.15) is 5.56 Å². The fourth-order valence-corrected chi connectivity index (χ4v) is 2.02. The molecule has 0 radical (unpaired) electrons. The van der Waals surface area contributed by atoms with Gasteiger partial charge in [0.2, 0.25) is 0 Å². The summed E-state index contributed by atoms with van der Waals surface area (Å²) in [6, 6.07) is 3.71. The Morgan fingerprint density at radius 3 is 2.20 bits per heavy atom. The van der Waals surface area contributed by atoms with Crippen LogP contribution in [0.5, 0.6) is 0 Å². The van der Waals surface area contributed by atoms with Crippen LogP contribution < -0.4 is 10.5 Å². The van der Waals surface area contributed by atoms with Crippen molar-refractivity contribution in [2.45, 2.75) is 18.0 Å². The maximum atomic E-state index is 12.2. The molecule has 0 fully saturated rings. The van der Waals surface area contributed by atoms with Gasteiger partial charge in [-0.1, -0.05) is 12.1 Å². The third-order valence-electron chi connectivity index (χ3n) is 2.32. The Kier molecular flexibility index (Phi) is 4.61. The van der Waals surface area contributed by atoms with Crippen LogP contribution in [0, 0.1) is 0 Å². The highest BCUT2D eigenvalue weighted by atomic mass is 32.2. The maximum Gasteiger partial charge on any atom is 0.511 e. The van der Waals surface area contributed by atoms with E-state index >= 15 is 0 Å². The SMILES string of the molecule is Nc1ccc(CC(NS(=O)(=O)C(F)(F)F)C(=O)O)cc1. The average Bonchev–Trinajstić information content (AvgIpc) is 2.29. The largest absolute Gasteiger partial charge is 0.511 e. The summed E-state index contributed by atoms with van der Waals surface area (Å²) in [5.74, 6) is -1.71. The van der Waals surface area contributed by atoms with Gasteiger partial charge in [0.05, 0.1) is 0 Å². The van der Waals surface area contributed by atoms with E-state index in [4.69, 9.17) is 10.8 Å². The second kappa shape index (κ2) is 5.67. The molecule has 10 heteroatoms. The van der Waals surface area contributed by atoms with Crippen LogP contribution in [0.25, 0.3) is 0 Å². The number of anilines is 1. The normalized spacial score (nSPS) is 13.9. The molecule has 112 valence electrons. The second-order valence-electron chi connectivity index (χ2n) is 3.90. The molecule has 6 nitrogen and oxygen atoms in total. The summed E-state index contributed by atoms with van der Waals surface area (Å²) >= 11 is 0. The zero-order chi connectivity index (χ0) is 15.6. The predicted molar refractivity (Wildman–Crippen MR) is 64.1 cm³/mol. The van der Waals surface area contributed by atoms with Gasteiger partial charge in [0.15, 0.2) is 0 Å². The van der Waals surface area contributed by atoms with Gasteiger partial charge in [-0.25, -0.2) is 8.42 Å². The highest BCUT2D eigenvalue weighted by Gasteiger charge is 2.47. The Hall–Kier alpha value is -1.81. The topological polar surface area (TPSA) is 109 Å². The van der Waals surface area contributed by atoms with Crippen molar-refractivity contribution in [3.8, 4) is 0 Å². The Morgan fingerprint density at radius 1 is 1.30 bits per heavy atom. The van der Waals surface area contributed by atoms with Crippen molar-refractivity contribution in [1.29, 1.82) is 0 Å². The van der Waals surface area contributed by atoms with Crippen molar-refractivity contribution in [1.82, 2.24) is 4.72 Å². The van der Waals surface area contributed by atoms with E-state index in [1.165, 1.54) is 24.3 Å². The fourth-order valence-electron chi connectivity index (χ4n) is 1.32. The third kappa shape index (κ3) is 4.10. The highest BCUT2D eigenvalue weighted by molar-refractivity contribution is 7.90. The molecule has 0 aliphatic rings. The Labute approximate surface area is 112 Å². The van der Waals surface area contributed by atoms with E-state index in [0.29, 0.717) is 11.3 Å². The molecule has 0 amide bonds. The number of nitrogens with two attached hydrogens (primary N) is 1. The van der Waals surface area contributed by atoms with E-state index < -0.39 is 34.0 Å². The lowest BCUT2D eigenvalue weighted by molar-refractivity contribution is -0.139. The van der Waals surface area contributed by atoms with Crippen LogP contribution in [0.15, 0.2) is 24.3 Å². The minimum atomic E-state index is -5.73. The van der Waals surface area contributed by atoms with Gasteiger partial charge in [0.25, 0.3) is 0 Å². The molecule has 0 bridgehead atoms. The lowest BCUT2D eigenvalue weighted by atomic mass is 10.1. The molecular weight excluding hydrogens is 301 g/mol. The van der Waals surface area contributed by atoms with E-state index in [9.17, 15) is 26.4 Å².